The Labute approximate surface area is 119 Å². The fraction of sp³-hybridized carbons (Fsp3) is 0.438. The molecular formula is C16H23N3O. The Morgan fingerprint density at radius 3 is 2.90 bits per heavy atom. The summed E-state index contributed by atoms with van der Waals surface area (Å²) >= 11 is 0. The fourth-order valence-corrected chi connectivity index (χ4v) is 2.35. The maximum atomic E-state index is 12.2. The number of nitrogen functional groups attached to an aromatic ring is 1. The summed E-state index contributed by atoms with van der Waals surface area (Å²) in [7, 11) is 0. The lowest BCUT2D eigenvalue weighted by Crippen LogP contribution is -2.32. The number of hydrogen-bond acceptors (Lipinski definition) is 2. The number of rotatable bonds is 6. The minimum Gasteiger partial charge on any atom is -0.399 e. The topological polar surface area (TPSA) is 70.9 Å². The van der Waals surface area contributed by atoms with Gasteiger partial charge in [0.05, 0.1) is 0 Å². The van der Waals surface area contributed by atoms with Crippen LogP contribution in [0.15, 0.2) is 24.3 Å². The Morgan fingerprint density at radius 1 is 1.35 bits per heavy atom. The van der Waals surface area contributed by atoms with Gasteiger partial charge in [-0.05, 0) is 37.6 Å². The average molecular weight is 273 g/mol. The van der Waals surface area contributed by atoms with Gasteiger partial charge in [-0.2, -0.15) is 0 Å². The predicted molar refractivity (Wildman–Crippen MR) is 83.8 cm³/mol. The van der Waals surface area contributed by atoms with Crippen LogP contribution in [0.25, 0.3) is 10.9 Å². The molecule has 0 saturated heterocycles. The van der Waals surface area contributed by atoms with Crippen molar-refractivity contribution >= 4 is 22.5 Å². The molecule has 0 aliphatic rings. The van der Waals surface area contributed by atoms with Crippen molar-refractivity contribution in [1.82, 2.24) is 10.3 Å². The lowest BCUT2D eigenvalue weighted by molar-refractivity contribution is 0.0933. The second kappa shape index (κ2) is 6.46. The molecule has 0 radical (unpaired) electrons. The maximum Gasteiger partial charge on any atom is 0.267 e. The van der Waals surface area contributed by atoms with Gasteiger partial charge in [-0.25, -0.2) is 0 Å². The molecule has 0 aliphatic heterocycles. The van der Waals surface area contributed by atoms with E-state index < -0.39 is 0 Å². The van der Waals surface area contributed by atoms with Gasteiger partial charge in [0.25, 0.3) is 5.91 Å². The van der Waals surface area contributed by atoms with Crippen LogP contribution < -0.4 is 11.1 Å². The molecule has 0 spiro atoms. The van der Waals surface area contributed by atoms with E-state index in [0.717, 1.165) is 23.7 Å². The largest absolute Gasteiger partial charge is 0.399 e. The number of aromatic amines is 1. The Balaban J connectivity index is 2.00. The Kier molecular flexibility index (Phi) is 4.66. The van der Waals surface area contributed by atoms with Crippen LogP contribution in [0.2, 0.25) is 0 Å². The smallest absolute Gasteiger partial charge is 0.267 e. The molecule has 1 heterocycles. The number of H-pyrrole nitrogens is 1. The summed E-state index contributed by atoms with van der Waals surface area (Å²) in [6, 6.07) is 7.64. The number of fused-ring (bicyclic) bond motifs is 1. The summed E-state index contributed by atoms with van der Waals surface area (Å²) in [6.45, 7) is 4.23. The number of amides is 1. The molecule has 4 N–H and O–H groups in total. The highest BCUT2D eigenvalue weighted by molar-refractivity contribution is 5.98. The van der Waals surface area contributed by atoms with Crippen LogP contribution in [-0.2, 0) is 0 Å². The molecule has 0 saturated carbocycles. The van der Waals surface area contributed by atoms with Crippen molar-refractivity contribution in [3.63, 3.8) is 0 Å². The molecule has 4 heteroatoms. The third kappa shape index (κ3) is 3.53. The van der Waals surface area contributed by atoms with Crippen molar-refractivity contribution in [1.29, 1.82) is 0 Å². The minimum atomic E-state index is -0.0521. The molecule has 1 amide bonds. The molecule has 1 unspecified atom stereocenters. The van der Waals surface area contributed by atoms with Gasteiger partial charge in [0.2, 0.25) is 0 Å². The zero-order valence-corrected chi connectivity index (χ0v) is 12.2. The van der Waals surface area contributed by atoms with Crippen LogP contribution in [-0.4, -0.2) is 16.9 Å². The second-order valence-electron chi connectivity index (χ2n) is 5.40. The first-order valence-electron chi connectivity index (χ1n) is 7.29. The van der Waals surface area contributed by atoms with Crippen molar-refractivity contribution in [2.24, 2.45) is 0 Å². The van der Waals surface area contributed by atoms with Gasteiger partial charge in [-0.1, -0.05) is 26.2 Å². The molecule has 1 aromatic heterocycles. The highest BCUT2D eigenvalue weighted by Crippen LogP contribution is 2.18. The molecule has 0 aliphatic carbocycles. The van der Waals surface area contributed by atoms with Crippen molar-refractivity contribution in [2.45, 2.75) is 45.6 Å². The summed E-state index contributed by atoms with van der Waals surface area (Å²) in [5.74, 6) is -0.0521. The molecule has 0 fully saturated rings. The first kappa shape index (κ1) is 14.4. The van der Waals surface area contributed by atoms with Crippen LogP contribution in [0.4, 0.5) is 5.69 Å². The van der Waals surface area contributed by atoms with Crippen LogP contribution in [0.3, 0.4) is 0 Å². The van der Waals surface area contributed by atoms with Gasteiger partial charge in [0.15, 0.2) is 0 Å². The summed E-state index contributed by atoms with van der Waals surface area (Å²) in [4.78, 5) is 15.3. The minimum absolute atomic E-state index is 0.0521. The molecule has 2 aromatic rings. The van der Waals surface area contributed by atoms with E-state index in [1.54, 1.807) is 0 Å². The van der Waals surface area contributed by atoms with E-state index in [4.69, 9.17) is 5.73 Å². The summed E-state index contributed by atoms with van der Waals surface area (Å²) in [6.07, 6.45) is 4.59. The second-order valence-corrected chi connectivity index (χ2v) is 5.40. The number of nitrogens with one attached hydrogen (secondary N) is 2. The van der Waals surface area contributed by atoms with E-state index in [1.165, 1.54) is 12.8 Å². The van der Waals surface area contributed by atoms with Gasteiger partial charge in [-0.3, -0.25) is 4.79 Å². The summed E-state index contributed by atoms with van der Waals surface area (Å²) < 4.78 is 0. The molecule has 1 atom stereocenters. The average Bonchev–Trinajstić information content (AvgIpc) is 2.82. The number of nitrogens with two attached hydrogens (primary N) is 1. The Morgan fingerprint density at radius 2 is 2.15 bits per heavy atom. The van der Waals surface area contributed by atoms with Crippen molar-refractivity contribution < 1.29 is 4.79 Å². The number of aromatic nitrogens is 1. The number of unbranched alkanes of at least 4 members (excludes halogenated alkanes) is 2. The molecule has 1 aromatic carbocycles. The summed E-state index contributed by atoms with van der Waals surface area (Å²) in [5.41, 5.74) is 7.97. The zero-order chi connectivity index (χ0) is 14.5. The normalized spacial score (nSPS) is 12.5. The van der Waals surface area contributed by atoms with E-state index in [1.807, 2.05) is 31.2 Å². The number of carbonyl (C=O) groups is 1. The lowest BCUT2D eigenvalue weighted by Gasteiger charge is -2.12. The van der Waals surface area contributed by atoms with Crippen LogP contribution >= 0.6 is 0 Å². The number of carbonyl (C=O) groups excluding carboxylic acids is 1. The first-order chi connectivity index (χ1) is 9.60. The third-order valence-corrected chi connectivity index (χ3v) is 3.51. The summed E-state index contributed by atoms with van der Waals surface area (Å²) in [5, 5.41) is 4.00. The third-order valence-electron chi connectivity index (χ3n) is 3.51. The highest BCUT2D eigenvalue weighted by atomic mass is 16.1. The maximum absolute atomic E-state index is 12.2. The van der Waals surface area contributed by atoms with Gasteiger partial charge < -0.3 is 16.0 Å². The quantitative estimate of drug-likeness (QED) is 0.557. The Bertz CT molecular complexity index is 588. The van der Waals surface area contributed by atoms with Gasteiger partial charge in [0, 0.05) is 22.6 Å². The molecule has 0 bridgehead atoms. The standard InChI is InChI=1S/C16H23N3O/c1-3-4-5-6-11(2)18-16(20)15-10-12-9-13(17)7-8-14(12)19-15/h7-11,19H,3-6,17H2,1-2H3,(H,18,20). The van der Waals surface area contributed by atoms with Gasteiger partial charge in [0.1, 0.15) is 5.69 Å². The van der Waals surface area contributed by atoms with E-state index in [2.05, 4.69) is 17.2 Å². The molecule has 20 heavy (non-hydrogen) atoms. The van der Waals surface area contributed by atoms with Gasteiger partial charge >= 0.3 is 0 Å². The van der Waals surface area contributed by atoms with E-state index in [0.29, 0.717) is 11.4 Å². The fourth-order valence-electron chi connectivity index (χ4n) is 2.35. The predicted octanol–water partition coefficient (Wildman–Crippen LogP) is 3.45. The van der Waals surface area contributed by atoms with E-state index in [-0.39, 0.29) is 11.9 Å². The lowest BCUT2D eigenvalue weighted by atomic mass is 10.1. The first-order valence-corrected chi connectivity index (χ1v) is 7.29. The molecular weight excluding hydrogens is 250 g/mol. The zero-order valence-electron chi connectivity index (χ0n) is 12.2. The van der Waals surface area contributed by atoms with Crippen molar-refractivity contribution in [3.8, 4) is 0 Å². The van der Waals surface area contributed by atoms with Crippen LogP contribution in [0.1, 0.15) is 50.0 Å². The van der Waals surface area contributed by atoms with E-state index >= 15 is 0 Å². The van der Waals surface area contributed by atoms with Crippen LogP contribution in [0.5, 0.6) is 0 Å². The molecule has 4 nitrogen and oxygen atoms in total. The Hall–Kier alpha value is -1.97. The number of anilines is 1. The molecule has 2 rings (SSSR count). The number of hydrogen-bond donors (Lipinski definition) is 3. The van der Waals surface area contributed by atoms with Crippen molar-refractivity contribution in [2.75, 3.05) is 5.73 Å². The highest BCUT2D eigenvalue weighted by Gasteiger charge is 2.12. The number of benzene rings is 1. The van der Waals surface area contributed by atoms with Gasteiger partial charge in [-0.15, -0.1) is 0 Å². The molecule has 108 valence electrons. The van der Waals surface area contributed by atoms with Crippen molar-refractivity contribution in [3.05, 3.63) is 30.0 Å². The monoisotopic (exact) mass is 273 g/mol. The van der Waals surface area contributed by atoms with Crippen LogP contribution in [0, 0.1) is 0 Å². The van der Waals surface area contributed by atoms with E-state index in [9.17, 15) is 4.79 Å². The SMILES string of the molecule is CCCCCC(C)NC(=O)c1cc2cc(N)ccc2[nH]1.